The number of ether oxygens (including phenoxy) is 2. The van der Waals surface area contributed by atoms with Gasteiger partial charge in [-0.1, -0.05) is 23.8 Å². The lowest BCUT2D eigenvalue weighted by atomic mass is 9.92. The second kappa shape index (κ2) is 8.24. The number of nitrogens with zero attached hydrogens (tertiary/aromatic N) is 4. The van der Waals surface area contributed by atoms with Crippen LogP contribution in [0.15, 0.2) is 48.9 Å². The molecule has 0 saturated carbocycles. The highest BCUT2D eigenvalue weighted by Gasteiger charge is 2.23. The number of benzene rings is 1. The molecule has 1 aliphatic rings. The van der Waals surface area contributed by atoms with Gasteiger partial charge in [-0.3, -0.25) is 9.67 Å². The number of nitrogens with two attached hydrogens (primary N) is 1. The summed E-state index contributed by atoms with van der Waals surface area (Å²) < 4.78 is 13.9. The van der Waals surface area contributed by atoms with Crippen molar-refractivity contribution >= 4 is 5.82 Å². The highest BCUT2D eigenvalue weighted by molar-refractivity contribution is 5.72. The quantitative estimate of drug-likeness (QED) is 0.472. The van der Waals surface area contributed by atoms with Gasteiger partial charge >= 0.3 is 0 Å². The van der Waals surface area contributed by atoms with Crippen LogP contribution in [-0.2, 0) is 13.0 Å². The third kappa shape index (κ3) is 3.69. The molecule has 33 heavy (non-hydrogen) atoms. The number of pyridine rings is 2. The molecule has 168 valence electrons. The number of fused-ring (bicyclic) bond motifs is 7. The fraction of sp³-hybridized carbons (Fsp3) is 0.269. The van der Waals surface area contributed by atoms with Crippen LogP contribution in [0.4, 0.5) is 5.82 Å². The molecule has 0 spiro atoms. The fourth-order valence-electron chi connectivity index (χ4n) is 4.48. The fourth-order valence-corrected chi connectivity index (χ4v) is 4.48. The molecule has 1 aliphatic heterocycles. The minimum atomic E-state index is -0.258. The number of aromatic nitrogens is 4. The van der Waals surface area contributed by atoms with Gasteiger partial charge in [0.2, 0.25) is 0 Å². The zero-order valence-corrected chi connectivity index (χ0v) is 19.3. The highest BCUT2D eigenvalue weighted by Crippen LogP contribution is 2.39. The molecule has 4 aromatic rings. The maximum Gasteiger partial charge on any atom is 0.166 e. The van der Waals surface area contributed by atoms with E-state index in [1.165, 1.54) is 0 Å². The van der Waals surface area contributed by atoms with E-state index in [4.69, 9.17) is 20.2 Å². The van der Waals surface area contributed by atoms with Gasteiger partial charge in [0.05, 0.1) is 30.9 Å². The Morgan fingerprint density at radius 2 is 1.97 bits per heavy atom. The van der Waals surface area contributed by atoms with Gasteiger partial charge in [-0.05, 0) is 38.5 Å². The molecular weight excluding hydrogens is 414 g/mol. The first-order valence-electron chi connectivity index (χ1n) is 11.1. The number of rotatable bonds is 2. The summed E-state index contributed by atoms with van der Waals surface area (Å²) in [5.74, 6) is 1.65. The van der Waals surface area contributed by atoms with Crippen molar-refractivity contribution in [3.8, 4) is 34.0 Å². The molecule has 4 heterocycles. The second-order valence-electron chi connectivity index (χ2n) is 8.35. The maximum atomic E-state index is 6.40. The minimum Gasteiger partial charge on any atom is -0.495 e. The van der Waals surface area contributed by atoms with Crippen LogP contribution in [0.5, 0.6) is 11.5 Å². The van der Waals surface area contributed by atoms with Crippen molar-refractivity contribution in [2.45, 2.75) is 39.8 Å². The standard InChI is InChI=1S/C26H27N5O2/c1-5-31-25-18(13-30-31)9-17-10-20(32-4)14-28-24(17)21-7-6-15(2)8-22(21)16(3)33-23-11-19(25)12-29-26(23)27/h6-8,10-14,16H,5,9H2,1-4H3,(H2,27,29). The van der Waals surface area contributed by atoms with E-state index in [-0.39, 0.29) is 6.10 Å². The zero-order chi connectivity index (χ0) is 23.1. The van der Waals surface area contributed by atoms with E-state index < -0.39 is 0 Å². The molecule has 1 unspecified atom stereocenters. The second-order valence-corrected chi connectivity index (χ2v) is 8.35. The maximum absolute atomic E-state index is 6.40. The van der Waals surface area contributed by atoms with E-state index >= 15 is 0 Å². The molecule has 1 atom stereocenters. The zero-order valence-electron chi connectivity index (χ0n) is 19.3. The van der Waals surface area contributed by atoms with Gasteiger partial charge < -0.3 is 15.2 Å². The van der Waals surface area contributed by atoms with Gasteiger partial charge in [-0.2, -0.15) is 5.10 Å². The molecule has 0 amide bonds. The van der Waals surface area contributed by atoms with Crippen LogP contribution in [0.1, 0.15) is 42.2 Å². The van der Waals surface area contributed by atoms with E-state index in [9.17, 15) is 0 Å². The third-order valence-corrected chi connectivity index (χ3v) is 6.13. The minimum absolute atomic E-state index is 0.258. The monoisotopic (exact) mass is 441 g/mol. The molecule has 3 aromatic heterocycles. The normalized spacial score (nSPS) is 14.7. The van der Waals surface area contributed by atoms with Crippen LogP contribution >= 0.6 is 0 Å². The number of hydrogen-bond donors (Lipinski definition) is 1. The van der Waals surface area contributed by atoms with Gasteiger partial charge in [0.25, 0.3) is 0 Å². The van der Waals surface area contributed by atoms with Gasteiger partial charge in [0.1, 0.15) is 11.9 Å². The number of aryl methyl sites for hydroxylation is 2. The molecule has 1 aromatic carbocycles. The Bertz CT molecular complexity index is 1340. The van der Waals surface area contributed by atoms with Gasteiger partial charge in [-0.25, -0.2) is 4.98 Å². The first-order chi connectivity index (χ1) is 16.0. The van der Waals surface area contributed by atoms with Crippen LogP contribution in [0.25, 0.3) is 22.5 Å². The van der Waals surface area contributed by atoms with Crippen molar-refractivity contribution in [3.05, 3.63) is 71.2 Å². The van der Waals surface area contributed by atoms with Crippen LogP contribution in [0.2, 0.25) is 0 Å². The Morgan fingerprint density at radius 3 is 2.76 bits per heavy atom. The van der Waals surface area contributed by atoms with E-state index in [2.05, 4.69) is 48.2 Å². The molecule has 5 rings (SSSR count). The van der Waals surface area contributed by atoms with E-state index in [1.807, 2.05) is 23.9 Å². The van der Waals surface area contributed by atoms with E-state index in [0.717, 1.165) is 57.1 Å². The Balaban J connectivity index is 1.82. The Morgan fingerprint density at radius 1 is 1.12 bits per heavy atom. The molecule has 2 bridgehead atoms. The van der Waals surface area contributed by atoms with Gasteiger partial charge in [0, 0.05) is 41.4 Å². The Hall–Kier alpha value is -3.87. The van der Waals surface area contributed by atoms with Crippen LogP contribution in [0.3, 0.4) is 0 Å². The largest absolute Gasteiger partial charge is 0.495 e. The average Bonchev–Trinajstić information content (AvgIpc) is 3.22. The van der Waals surface area contributed by atoms with Crippen LogP contribution < -0.4 is 15.2 Å². The molecule has 7 heteroatoms. The average molecular weight is 442 g/mol. The summed E-state index contributed by atoms with van der Waals surface area (Å²) in [5, 5.41) is 4.63. The first kappa shape index (κ1) is 21.0. The van der Waals surface area contributed by atoms with Crippen molar-refractivity contribution in [2.24, 2.45) is 0 Å². The summed E-state index contributed by atoms with van der Waals surface area (Å²) in [6.07, 6.45) is 5.86. The van der Waals surface area contributed by atoms with Gasteiger partial charge in [-0.15, -0.1) is 0 Å². The molecular formula is C26H27N5O2. The lowest BCUT2D eigenvalue weighted by Gasteiger charge is -2.22. The molecule has 2 N–H and O–H groups in total. The predicted octanol–water partition coefficient (Wildman–Crippen LogP) is 4.97. The topological polar surface area (TPSA) is 88.1 Å². The molecule has 0 radical (unpaired) electrons. The lowest BCUT2D eigenvalue weighted by Crippen LogP contribution is -2.10. The summed E-state index contributed by atoms with van der Waals surface area (Å²) in [4.78, 5) is 9.27. The van der Waals surface area contributed by atoms with Crippen molar-refractivity contribution in [1.82, 2.24) is 19.7 Å². The number of anilines is 1. The number of hydrogen-bond acceptors (Lipinski definition) is 6. The summed E-state index contributed by atoms with van der Waals surface area (Å²) in [7, 11) is 1.66. The van der Waals surface area contributed by atoms with Crippen molar-refractivity contribution in [1.29, 1.82) is 0 Å². The van der Waals surface area contributed by atoms with Crippen molar-refractivity contribution in [2.75, 3.05) is 12.8 Å². The van der Waals surface area contributed by atoms with E-state index in [0.29, 0.717) is 18.0 Å². The van der Waals surface area contributed by atoms with Gasteiger partial charge in [0.15, 0.2) is 11.6 Å². The molecule has 7 nitrogen and oxygen atoms in total. The van der Waals surface area contributed by atoms with Crippen LogP contribution in [-0.4, -0.2) is 26.9 Å². The first-order valence-corrected chi connectivity index (χ1v) is 11.1. The molecule has 0 fully saturated rings. The van der Waals surface area contributed by atoms with Crippen LogP contribution in [0, 0.1) is 6.92 Å². The highest BCUT2D eigenvalue weighted by atomic mass is 16.5. The summed E-state index contributed by atoms with van der Waals surface area (Å²) in [5.41, 5.74) is 14.4. The third-order valence-electron chi connectivity index (χ3n) is 6.13. The number of methoxy groups -OCH3 is 1. The molecule has 0 saturated heterocycles. The summed E-state index contributed by atoms with van der Waals surface area (Å²) in [6, 6.07) is 10.4. The smallest absolute Gasteiger partial charge is 0.166 e. The summed E-state index contributed by atoms with van der Waals surface area (Å²) >= 11 is 0. The number of nitrogen functional groups attached to an aromatic ring is 1. The Labute approximate surface area is 193 Å². The Kier molecular flexibility index (Phi) is 5.24. The van der Waals surface area contributed by atoms with Crippen molar-refractivity contribution < 1.29 is 9.47 Å². The summed E-state index contributed by atoms with van der Waals surface area (Å²) in [6.45, 7) is 6.91. The van der Waals surface area contributed by atoms with E-state index in [1.54, 1.807) is 19.5 Å². The molecule has 0 aliphatic carbocycles. The van der Waals surface area contributed by atoms with Crippen molar-refractivity contribution in [3.63, 3.8) is 0 Å². The SMILES string of the molecule is CCn1ncc2c1-c1cnc(N)c(c1)OC(C)c1cc(C)ccc1-c1ncc(OC)cc1C2. The lowest BCUT2D eigenvalue weighted by molar-refractivity contribution is 0.228. The predicted molar refractivity (Wildman–Crippen MR) is 128 cm³/mol.